The third kappa shape index (κ3) is 2.65. The van der Waals surface area contributed by atoms with Gasteiger partial charge in [-0.25, -0.2) is 0 Å². The molecule has 1 atom stereocenters. The lowest BCUT2D eigenvalue weighted by atomic mass is 9.96. The summed E-state index contributed by atoms with van der Waals surface area (Å²) in [5, 5.41) is 1.19. The molecule has 0 radical (unpaired) electrons. The fourth-order valence-corrected chi connectivity index (χ4v) is 2.98. The van der Waals surface area contributed by atoms with Gasteiger partial charge in [-0.3, -0.25) is 14.7 Å². The molecule has 3 rings (SSSR count). The van der Waals surface area contributed by atoms with E-state index in [-0.39, 0.29) is 11.8 Å². The highest BCUT2D eigenvalue weighted by Gasteiger charge is 2.24. The van der Waals surface area contributed by atoms with Gasteiger partial charge in [0.2, 0.25) is 5.91 Å². The van der Waals surface area contributed by atoms with Crippen LogP contribution in [-0.2, 0) is 11.3 Å². The summed E-state index contributed by atoms with van der Waals surface area (Å²) in [6, 6.07) is 10.3. The molecule has 0 aliphatic carbocycles. The highest BCUT2D eigenvalue weighted by molar-refractivity contribution is 5.82. The van der Waals surface area contributed by atoms with E-state index in [4.69, 9.17) is 5.73 Å². The molecule has 1 unspecified atom stereocenters. The minimum atomic E-state index is -0.172. The minimum absolute atomic E-state index is 0.00292. The molecule has 1 amide bonds. The molecule has 0 spiro atoms. The maximum atomic E-state index is 11.4. The number of nitrogens with zero attached hydrogens (tertiary/aromatic N) is 2. The van der Waals surface area contributed by atoms with Crippen LogP contribution in [0, 0.1) is 5.92 Å². The minimum Gasteiger partial charge on any atom is -0.369 e. The molecule has 104 valence electrons. The second-order valence-electron chi connectivity index (χ2n) is 5.46. The Balaban J connectivity index is 1.81. The number of rotatable bonds is 3. The van der Waals surface area contributed by atoms with Crippen molar-refractivity contribution in [3.05, 3.63) is 42.1 Å². The number of primary amides is 1. The van der Waals surface area contributed by atoms with Gasteiger partial charge in [-0.05, 0) is 37.1 Å². The third-order valence-electron chi connectivity index (χ3n) is 4.04. The molecule has 1 aromatic heterocycles. The first-order chi connectivity index (χ1) is 9.74. The molecule has 0 saturated carbocycles. The van der Waals surface area contributed by atoms with Gasteiger partial charge in [-0.1, -0.05) is 18.2 Å². The first-order valence-corrected chi connectivity index (χ1v) is 7.08. The SMILES string of the molecule is NC(=O)C1CCCN(Cc2cccc3ncccc23)C1. The molecule has 4 heteroatoms. The molecular formula is C16H19N3O. The zero-order valence-electron chi connectivity index (χ0n) is 11.5. The van der Waals surface area contributed by atoms with E-state index in [9.17, 15) is 4.79 Å². The Bertz CT molecular complexity index is 621. The Morgan fingerprint density at radius 3 is 3.10 bits per heavy atom. The summed E-state index contributed by atoms with van der Waals surface area (Å²) in [6.07, 6.45) is 3.77. The molecule has 2 N–H and O–H groups in total. The first kappa shape index (κ1) is 13.1. The van der Waals surface area contributed by atoms with Gasteiger partial charge in [0.05, 0.1) is 11.4 Å². The lowest BCUT2D eigenvalue weighted by molar-refractivity contribution is -0.123. The molecule has 2 aromatic rings. The Hall–Kier alpha value is -1.94. The van der Waals surface area contributed by atoms with Crippen LogP contribution in [-0.4, -0.2) is 28.9 Å². The van der Waals surface area contributed by atoms with Gasteiger partial charge >= 0.3 is 0 Å². The molecule has 1 aromatic carbocycles. The van der Waals surface area contributed by atoms with E-state index in [1.807, 2.05) is 24.4 Å². The maximum Gasteiger partial charge on any atom is 0.221 e. The van der Waals surface area contributed by atoms with Crippen molar-refractivity contribution in [1.29, 1.82) is 0 Å². The van der Waals surface area contributed by atoms with Crippen molar-refractivity contribution in [3.8, 4) is 0 Å². The largest absolute Gasteiger partial charge is 0.369 e. The number of piperidine rings is 1. The quantitative estimate of drug-likeness (QED) is 0.926. The van der Waals surface area contributed by atoms with Gasteiger partial charge < -0.3 is 5.73 Å². The Morgan fingerprint density at radius 1 is 1.35 bits per heavy atom. The average molecular weight is 269 g/mol. The van der Waals surface area contributed by atoms with Crippen LogP contribution in [0.2, 0.25) is 0 Å². The summed E-state index contributed by atoms with van der Waals surface area (Å²) in [5.74, 6) is -0.175. The van der Waals surface area contributed by atoms with Gasteiger partial charge in [-0.2, -0.15) is 0 Å². The van der Waals surface area contributed by atoms with Crippen molar-refractivity contribution in [2.75, 3.05) is 13.1 Å². The standard InChI is InChI=1S/C16H19N3O/c17-16(20)13-5-3-9-19(11-13)10-12-4-1-7-15-14(12)6-2-8-18-15/h1-2,4,6-8,13H,3,5,9-11H2,(H2,17,20). The second-order valence-corrected chi connectivity index (χ2v) is 5.46. The van der Waals surface area contributed by atoms with E-state index in [1.165, 1.54) is 10.9 Å². The van der Waals surface area contributed by atoms with Crippen LogP contribution in [0.5, 0.6) is 0 Å². The zero-order valence-corrected chi connectivity index (χ0v) is 11.5. The molecule has 1 saturated heterocycles. The topological polar surface area (TPSA) is 59.2 Å². The molecule has 1 fully saturated rings. The molecule has 0 bridgehead atoms. The predicted octanol–water partition coefficient (Wildman–Crippen LogP) is 1.93. The van der Waals surface area contributed by atoms with Crippen LogP contribution >= 0.6 is 0 Å². The summed E-state index contributed by atoms with van der Waals surface area (Å²) < 4.78 is 0. The van der Waals surface area contributed by atoms with Crippen LogP contribution in [0.3, 0.4) is 0 Å². The van der Waals surface area contributed by atoms with Crippen molar-refractivity contribution in [2.24, 2.45) is 11.7 Å². The zero-order chi connectivity index (χ0) is 13.9. The fraction of sp³-hybridized carbons (Fsp3) is 0.375. The van der Waals surface area contributed by atoms with Gasteiger partial charge in [0.1, 0.15) is 0 Å². The van der Waals surface area contributed by atoms with E-state index in [0.717, 1.165) is 38.0 Å². The molecule has 1 aliphatic rings. The van der Waals surface area contributed by atoms with Crippen LogP contribution in [0.25, 0.3) is 10.9 Å². The smallest absolute Gasteiger partial charge is 0.221 e. The van der Waals surface area contributed by atoms with Gasteiger partial charge in [-0.15, -0.1) is 0 Å². The molecular weight excluding hydrogens is 250 g/mol. The number of benzene rings is 1. The van der Waals surface area contributed by atoms with Gasteiger partial charge in [0.25, 0.3) is 0 Å². The first-order valence-electron chi connectivity index (χ1n) is 7.08. The van der Waals surface area contributed by atoms with Crippen LogP contribution in [0.15, 0.2) is 36.5 Å². The predicted molar refractivity (Wildman–Crippen MR) is 78.9 cm³/mol. The number of hydrogen-bond acceptors (Lipinski definition) is 3. The monoisotopic (exact) mass is 269 g/mol. The summed E-state index contributed by atoms with van der Waals surface area (Å²) in [4.78, 5) is 18.1. The van der Waals surface area contributed by atoms with E-state index in [1.54, 1.807) is 0 Å². The molecule has 20 heavy (non-hydrogen) atoms. The van der Waals surface area contributed by atoms with Crippen LogP contribution in [0.4, 0.5) is 0 Å². The molecule has 1 aliphatic heterocycles. The number of aromatic nitrogens is 1. The highest BCUT2D eigenvalue weighted by Crippen LogP contribution is 2.22. The van der Waals surface area contributed by atoms with Gasteiger partial charge in [0.15, 0.2) is 0 Å². The summed E-state index contributed by atoms with van der Waals surface area (Å²) in [7, 11) is 0. The Labute approximate surface area is 118 Å². The number of pyridine rings is 1. The summed E-state index contributed by atoms with van der Waals surface area (Å²) >= 11 is 0. The third-order valence-corrected chi connectivity index (χ3v) is 4.04. The Morgan fingerprint density at radius 2 is 2.25 bits per heavy atom. The number of likely N-dealkylation sites (tertiary alicyclic amines) is 1. The number of amides is 1. The normalized spacial score (nSPS) is 20.1. The van der Waals surface area contributed by atoms with E-state index in [2.05, 4.69) is 22.0 Å². The number of nitrogens with two attached hydrogens (primary N) is 1. The van der Waals surface area contributed by atoms with E-state index < -0.39 is 0 Å². The van der Waals surface area contributed by atoms with Crippen molar-refractivity contribution in [2.45, 2.75) is 19.4 Å². The van der Waals surface area contributed by atoms with Crippen molar-refractivity contribution >= 4 is 16.8 Å². The van der Waals surface area contributed by atoms with Crippen molar-refractivity contribution in [3.63, 3.8) is 0 Å². The van der Waals surface area contributed by atoms with E-state index in [0.29, 0.717) is 0 Å². The fourth-order valence-electron chi connectivity index (χ4n) is 2.98. The number of hydrogen-bond donors (Lipinski definition) is 1. The average Bonchev–Trinajstić information content (AvgIpc) is 2.48. The van der Waals surface area contributed by atoms with E-state index >= 15 is 0 Å². The maximum absolute atomic E-state index is 11.4. The highest BCUT2D eigenvalue weighted by atomic mass is 16.1. The van der Waals surface area contributed by atoms with Crippen molar-refractivity contribution < 1.29 is 4.79 Å². The summed E-state index contributed by atoms with van der Waals surface area (Å²) in [5.41, 5.74) is 7.72. The molecule has 4 nitrogen and oxygen atoms in total. The number of carbonyl (C=O) groups excluding carboxylic acids is 1. The van der Waals surface area contributed by atoms with Gasteiger partial charge in [0, 0.05) is 24.7 Å². The lowest BCUT2D eigenvalue weighted by Gasteiger charge is -2.31. The number of carbonyl (C=O) groups is 1. The molecule has 2 heterocycles. The van der Waals surface area contributed by atoms with Crippen LogP contribution in [0.1, 0.15) is 18.4 Å². The number of fused-ring (bicyclic) bond motifs is 1. The summed E-state index contributed by atoms with van der Waals surface area (Å²) in [6.45, 7) is 2.65. The lowest BCUT2D eigenvalue weighted by Crippen LogP contribution is -2.40. The second kappa shape index (κ2) is 5.59. The van der Waals surface area contributed by atoms with Crippen molar-refractivity contribution in [1.82, 2.24) is 9.88 Å². The Kier molecular flexibility index (Phi) is 3.65. The van der Waals surface area contributed by atoms with Crippen LogP contribution < -0.4 is 5.73 Å².